The van der Waals surface area contributed by atoms with E-state index < -0.39 is 17.9 Å². The van der Waals surface area contributed by atoms with Crippen LogP contribution in [-0.2, 0) is 11.4 Å². The molecule has 0 aliphatic carbocycles. The molecule has 1 aliphatic rings. The lowest BCUT2D eigenvalue weighted by atomic mass is 10.00. The summed E-state index contributed by atoms with van der Waals surface area (Å²) in [5.41, 5.74) is 4.19. The summed E-state index contributed by atoms with van der Waals surface area (Å²) in [5, 5.41) is 0.820. The van der Waals surface area contributed by atoms with Gasteiger partial charge in [0.15, 0.2) is 0 Å². The Labute approximate surface area is 221 Å². The van der Waals surface area contributed by atoms with Gasteiger partial charge in [-0.25, -0.2) is 4.84 Å². The normalized spacial score (nSPS) is 13.3. The zero-order valence-electron chi connectivity index (χ0n) is 21.3. The zero-order chi connectivity index (χ0) is 26.6. The molecular formula is C31H27NO6. The molecule has 192 valence electrons. The number of hydrogen-bond acceptors (Lipinski definition) is 6. The Kier molecular flexibility index (Phi) is 7.11. The Hall–Kier alpha value is -4.62. The Balaban J connectivity index is 1.45. The smallest absolute Gasteiger partial charge is 0.285 e. The molecule has 0 radical (unpaired) electrons. The highest BCUT2D eigenvalue weighted by molar-refractivity contribution is 6.20. The molecule has 0 saturated heterocycles. The third kappa shape index (κ3) is 4.96. The van der Waals surface area contributed by atoms with Crippen molar-refractivity contribution in [3.63, 3.8) is 0 Å². The van der Waals surface area contributed by atoms with E-state index in [4.69, 9.17) is 19.0 Å². The first-order chi connectivity index (χ1) is 18.5. The maximum Gasteiger partial charge on any atom is 0.285 e. The minimum atomic E-state index is -0.829. The standard InChI is InChI=1S/C31H27NO6/c1-20-8-10-21(11-9-20)19-37-23-14-12-22(13-15-23)29(27-17-16-24(35-2)18-28(27)36-3)38-32-30(33)25-6-4-5-7-26(25)31(32)34/h4-18,29H,19H2,1-3H3. The number of imide groups is 1. The molecule has 0 spiro atoms. The third-order valence-electron chi connectivity index (χ3n) is 6.40. The van der Waals surface area contributed by atoms with Gasteiger partial charge in [0.2, 0.25) is 0 Å². The lowest BCUT2D eigenvalue weighted by Crippen LogP contribution is -2.32. The SMILES string of the molecule is COc1ccc(C(ON2C(=O)c3ccccc3C2=O)c2ccc(OCc3ccc(C)cc3)cc2)c(OC)c1. The number of hydrogen-bond donors (Lipinski definition) is 0. The number of fused-ring (bicyclic) bond motifs is 1. The largest absolute Gasteiger partial charge is 0.497 e. The van der Waals surface area contributed by atoms with Crippen LogP contribution in [0.25, 0.3) is 0 Å². The van der Waals surface area contributed by atoms with Gasteiger partial charge < -0.3 is 14.2 Å². The van der Waals surface area contributed by atoms with Gasteiger partial charge in [-0.1, -0.05) is 54.1 Å². The number of aryl methyl sites for hydroxylation is 1. The van der Waals surface area contributed by atoms with Crippen LogP contribution in [0.5, 0.6) is 17.2 Å². The number of nitrogens with zero attached hydrogens (tertiary/aromatic N) is 1. The second kappa shape index (κ2) is 10.8. The van der Waals surface area contributed by atoms with Crippen molar-refractivity contribution in [1.82, 2.24) is 5.06 Å². The van der Waals surface area contributed by atoms with Crippen LogP contribution in [0.2, 0.25) is 0 Å². The van der Waals surface area contributed by atoms with Gasteiger partial charge in [0.05, 0.1) is 25.3 Å². The highest BCUT2D eigenvalue weighted by atomic mass is 16.7. The molecular weight excluding hydrogens is 482 g/mol. The number of rotatable bonds is 9. The molecule has 1 heterocycles. The highest BCUT2D eigenvalue weighted by Crippen LogP contribution is 2.38. The van der Waals surface area contributed by atoms with Gasteiger partial charge in [-0.2, -0.15) is 0 Å². The summed E-state index contributed by atoms with van der Waals surface area (Å²) < 4.78 is 16.9. The molecule has 4 aromatic carbocycles. The molecule has 0 bridgehead atoms. The molecule has 0 N–H and O–H groups in total. The zero-order valence-corrected chi connectivity index (χ0v) is 21.3. The molecule has 2 amide bonds. The fourth-order valence-corrected chi connectivity index (χ4v) is 4.29. The van der Waals surface area contributed by atoms with E-state index >= 15 is 0 Å². The molecule has 38 heavy (non-hydrogen) atoms. The van der Waals surface area contributed by atoms with E-state index in [1.54, 1.807) is 56.7 Å². The maximum atomic E-state index is 13.1. The Morgan fingerprint density at radius 2 is 1.37 bits per heavy atom. The average Bonchev–Trinajstić information content (AvgIpc) is 3.20. The number of methoxy groups -OCH3 is 2. The van der Waals surface area contributed by atoms with E-state index in [9.17, 15) is 9.59 Å². The van der Waals surface area contributed by atoms with Crippen molar-refractivity contribution in [3.05, 3.63) is 124 Å². The van der Waals surface area contributed by atoms with E-state index in [0.717, 1.165) is 10.6 Å². The number of carbonyl (C=O) groups excluding carboxylic acids is 2. The highest BCUT2D eigenvalue weighted by Gasteiger charge is 2.39. The molecule has 0 saturated carbocycles. The molecule has 7 heteroatoms. The van der Waals surface area contributed by atoms with Crippen LogP contribution < -0.4 is 14.2 Å². The van der Waals surface area contributed by atoms with E-state index in [-0.39, 0.29) is 0 Å². The molecule has 0 fully saturated rings. The third-order valence-corrected chi connectivity index (χ3v) is 6.40. The van der Waals surface area contributed by atoms with Gasteiger partial charge in [-0.05, 0) is 54.4 Å². The number of benzene rings is 4. The second-order valence-electron chi connectivity index (χ2n) is 8.89. The summed E-state index contributed by atoms with van der Waals surface area (Å²) in [4.78, 5) is 32.3. The van der Waals surface area contributed by atoms with E-state index in [1.807, 2.05) is 55.5 Å². The fraction of sp³-hybridized carbons (Fsp3) is 0.161. The number of hydroxylamine groups is 2. The van der Waals surface area contributed by atoms with Gasteiger partial charge in [0.25, 0.3) is 11.8 Å². The first-order valence-corrected chi connectivity index (χ1v) is 12.1. The van der Waals surface area contributed by atoms with Gasteiger partial charge in [-0.15, -0.1) is 5.06 Å². The van der Waals surface area contributed by atoms with Crippen LogP contribution in [-0.4, -0.2) is 31.1 Å². The summed E-state index contributed by atoms with van der Waals surface area (Å²) in [7, 11) is 3.11. The Bertz CT molecular complexity index is 1430. The molecule has 4 aromatic rings. The topological polar surface area (TPSA) is 74.3 Å². The summed E-state index contributed by atoms with van der Waals surface area (Å²) >= 11 is 0. The van der Waals surface area contributed by atoms with Gasteiger partial charge in [0, 0.05) is 11.6 Å². The van der Waals surface area contributed by atoms with Crippen molar-refractivity contribution < 1.29 is 28.6 Å². The van der Waals surface area contributed by atoms with Crippen molar-refractivity contribution in [3.8, 4) is 17.2 Å². The summed E-state index contributed by atoms with van der Waals surface area (Å²) in [6, 6.07) is 27.5. The minimum absolute atomic E-state index is 0.304. The van der Waals surface area contributed by atoms with E-state index in [2.05, 4.69) is 0 Å². The lowest BCUT2D eigenvalue weighted by molar-refractivity contribution is -0.121. The first-order valence-electron chi connectivity index (χ1n) is 12.1. The van der Waals surface area contributed by atoms with Crippen LogP contribution in [0, 0.1) is 6.92 Å². The van der Waals surface area contributed by atoms with Crippen LogP contribution >= 0.6 is 0 Å². The minimum Gasteiger partial charge on any atom is -0.497 e. The molecule has 0 aromatic heterocycles. The van der Waals surface area contributed by atoms with Crippen molar-refractivity contribution >= 4 is 11.8 Å². The molecule has 7 nitrogen and oxygen atoms in total. The van der Waals surface area contributed by atoms with Crippen LogP contribution in [0.15, 0.2) is 91.0 Å². The monoisotopic (exact) mass is 509 g/mol. The number of ether oxygens (including phenoxy) is 3. The van der Waals surface area contributed by atoms with E-state index in [1.165, 1.54) is 5.56 Å². The van der Waals surface area contributed by atoms with Crippen molar-refractivity contribution in [1.29, 1.82) is 0 Å². The number of carbonyl (C=O) groups is 2. The average molecular weight is 510 g/mol. The van der Waals surface area contributed by atoms with Crippen LogP contribution in [0.4, 0.5) is 0 Å². The maximum absolute atomic E-state index is 13.1. The Morgan fingerprint density at radius 1 is 0.737 bits per heavy atom. The van der Waals surface area contributed by atoms with Gasteiger partial charge in [0.1, 0.15) is 30.0 Å². The predicted molar refractivity (Wildman–Crippen MR) is 141 cm³/mol. The second-order valence-corrected chi connectivity index (χ2v) is 8.89. The Morgan fingerprint density at radius 3 is 1.97 bits per heavy atom. The summed E-state index contributed by atoms with van der Waals surface area (Å²) in [5.74, 6) is 0.744. The quantitative estimate of drug-likeness (QED) is 0.261. The molecule has 1 unspecified atom stereocenters. The predicted octanol–water partition coefficient (Wildman–Crippen LogP) is 5.91. The van der Waals surface area contributed by atoms with E-state index in [0.29, 0.717) is 46.1 Å². The summed E-state index contributed by atoms with van der Waals surface area (Å²) in [6.45, 7) is 2.47. The van der Waals surface area contributed by atoms with Crippen LogP contribution in [0.1, 0.15) is 49.1 Å². The first kappa shape index (κ1) is 25.0. The summed E-state index contributed by atoms with van der Waals surface area (Å²) in [6.07, 6.45) is -0.829. The van der Waals surface area contributed by atoms with Crippen molar-refractivity contribution in [2.45, 2.75) is 19.6 Å². The molecule has 1 atom stereocenters. The molecule has 1 aliphatic heterocycles. The molecule has 5 rings (SSSR count). The van der Waals surface area contributed by atoms with Crippen LogP contribution in [0.3, 0.4) is 0 Å². The van der Waals surface area contributed by atoms with Crippen molar-refractivity contribution in [2.75, 3.05) is 14.2 Å². The lowest BCUT2D eigenvalue weighted by Gasteiger charge is -2.25. The van der Waals surface area contributed by atoms with Crippen molar-refractivity contribution in [2.24, 2.45) is 0 Å². The number of amides is 2. The van der Waals surface area contributed by atoms with Gasteiger partial charge >= 0.3 is 0 Å². The van der Waals surface area contributed by atoms with Gasteiger partial charge in [-0.3, -0.25) is 9.59 Å². The fourth-order valence-electron chi connectivity index (χ4n) is 4.29.